The molecule has 1 aliphatic heterocycles. The summed E-state index contributed by atoms with van der Waals surface area (Å²) in [5, 5.41) is 0.884. The SMILES string of the molecule is CN1CCN(C(=O)c2coc(-c3ccc(Cl)c(Cl)c3)n2)CC1. The maximum Gasteiger partial charge on any atom is 0.275 e. The lowest BCUT2D eigenvalue weighted by Crippen LogP contribution is -2.47. The summed E-state index contributed by atoms with van der Waals surface area (Å²) in [7, 11) is 2.04. The number of oxazole rings is 1. The average Bonchev–Trinajstić information content (AvgIpc) is 3.00. The van der Waals surface area contributed by atoms with Crippen LogP contribution < -0.4 is 0 Å². The van der Waals surface area contributed by atoms with E-state index in [1.165, 1.54) is 6.26 Å². The van der Waals surface area contributed by atoms with Gasteiger partial charge in [-0.15, -0.1) is 0 Å². The predicted octanol–water partition coefficient (Wildman–Crippen LogP) is 3.04. The maximum absolute atomic E-state index is 12.4. The summed E-state index contributed by atoms with van der Waals surface area (Å²) in [4.78, 5) is 20.7. The molecule has 0 bridgehead atoms. The fourth-order valence-corrected chi connectivity index (χ4v) is 2.60. The Morgan fingerprint density at radius 3 is 2.59 bits per heavy atom. The highest BCUT2D eigenvalue weighted by atomic mass is 35.5. The van der Waals surface area contributed by atoms with Crippen LogP contribution in [0.2, 0.25) is 10.0 Å². The van der Waals surface area contributed by atoms with Gasteiger partial charge in [0.2, 0.25) is 5.89 Å². The Kier molecular flexibility index (Phi) is 4.38. The number of nitrogens with zero attached hydrogens (tertiary/aromatic N) is 3. The van der Waals surface area contributed by atoms with Crippen LogP contribution in [0.3, 0.4) is 0 Å². The van der Waals surface area contributed by atoms with Gasteiger partial charge in [-0.25, -0.2) is 4.98 Å². The number of likely N-dealkylation sites (N-methyl/N-ethyl adjacent to an activating group) is 1. The van der Waals surface area contributed by atoms with Crippen LogP contribution >= 0.6 is 23.2 Å². The molecular weight excluding hydrogens is 325 g/mol. The predicted molar refractivity (Wildman–Crippen MR) is 85.4 cm³/mol. The summed E-state index contributed by atoms with van der Waals surface area (Å²) in [6, 6.07) is 5.09. The number of benzene rings is 1. The molecule has 0 radical (unpaired) electrons. The van der Waals surface area contributed by atoms with E-state index in [0.29, 0.717) is 40.3 Å². The molecule has 2 heterocycles. The first-order chi connectivity index (χ1) is 10.5. The molecule has 0 aliphatic carbocycles. The van der Waals surface area contributed by atoms with E-state index in [9.17, 15) is 4.79 Å². The topological polar surface area (TPSA) is 49.6 Å². The van der Waals surface area contributed by atoms with Crippen LogP contribution in [0.25, 0.3) is 11.5 Å². The second-order valence-electron chi connectivity index (χ2n) is 5.26. The summed E-state index contributed by atoms with van der Waals surface area (Å²) >= 11 is 11.9. The van der Waals surface area contributed by atoms with E-state index >= 15 is 0 Å². The van der Waals surface area contributed by atoms with Crippen LogP contribution in [0.4, 0.5) is 0 Å². The standard InChI is InChI=1S/C15H15Cl2N3O2/c1-19-4-6-20(7-5-19)15(21)13-9-22-14(18-13)10-2-3-11(16)12(17)8-10/h2-3,8-9H,4-7H2,1H3. The van der Waals surface area contributed by atoms with Gasteiger partial charge >= 0.3 is 0 Å². The molecule has 1 aromatic heterocycles. The molecule has 1 fully saturated rings. The Morgan fingerprint density at radius 1 is 1.18 bits per heavy atom. The van der Waals surface area contributed by atoms with Gasteiger partial charge in [-0.3, -0.25) is 4.79 Å². The molecule has 0 N–H and O–H groups in total. The smallest absolute Gasteiger partial charge is 0.275 e. The quantitative estimate of drug-likeness (QED) is 0.843. The number of hydrogen-bond acceptors (Lipinski definition) is 4. The summed E-state index contributed by atoms with van der Waals surface area (Å²) in [5.41, 5.74) is 0.998. The third kappa shape index (κ3) is 3.11. The van der Waals surface area contributed by atoms with Crippen molar-refractivity contribution in [1.82, 2.24) is 14.8 Å². The molecule has 0 atom stereocenters. The van der Waals surface area contributed by atoms with E-state index in [1.807, 2.05) is 7.05 Å². The number of carbonyl (C=O) groups excluding carboxylic acids is 1. The highest BCUT2D eigenvalue weighted by molar-refractivity contribution is 6.42. The van der Waals surface area contributed by atoms with E-state index in [2.05, 4.69) is 9.88 Å². The van der Waals surface area contributed by atoms with Crippen molar-refractivity contribution in [2.45, 2.75) is 0 Å². The van der Waals surface area contributed by atoms with Crippen molar-refractivity contribution >= 4 is 29.1 Å². The zero-order valence-electron chi connectivity index (χ0n) is 12.1. The van der Waals surface area contributed by atoms with Gasteiger partial charge in [-0.2, -0.15) is 0 Å². The first-order valence-electron chi connectivity index (χ1n) is 6.93. The number of carbonyl (C=O) groups is 1. The van der Waals surface area contributed by atoms with Crippen molar-refractivity contribution in [2.24, 2.45) is 0 Å². The molecule has 7 heteroatoms. The van der Waals surface area contributed by atoms with E-state index < -0.39 is 0 Å². The fraction of sp³-hybridized carbons (Fsp3) is 0.333. The van der Waals surface area contributed by atoms with Crippen molar-refractivity contribution in [3.8, 4) is 11.5 Å². The summed E-state index contributed by atoms with van der Waals surface area (Å²) in [6.45, 7) is 3.13. The van der Waals surface area contributed by atoms with Gasteiger partial charge in [0, 0.05) is 31.7 Å². The zero-order chi connectivity index (χ0) is 15.7. The Morgan fingerprint density at radius 2 is 1.91 bits per heavy atom. The highest BCUT2D eigenvalue weighted by Crippen LogP contribution is 2.28. The van der Waals surface area contributed by atoms with Crippen molar-refractivity contribution in [3.63, 3.8) is 0 Å². The van der Waals surface area contributed by atoms with Crippen LogP contribution in [0.5, 0.6) is 0 Å². The molecule has 116 valence electrons. The summed E-state index contributed by atoms with van der Waals surface area (Å²) in [6.07, 6.45) is 1.39. The van der Waals surface area contributed by atoms with Gasteiger partial charge in [0.05, 0.1) is 10.0 Å². The molecule has 1 amide bonds. The first kappa shape index (κ1) is 15.3. The minimum absolute atomic E-state index is 0.108. The zero-order valence-corrected chi connectivity index (χ0v) is 13.6. The summed E-state index contributed by atoms with van der Waals surface area (Å²) in [5.74, 6) is 0.249. The summed E-state index contributed by atoms with van der Waals surface area (Å²) < 4.78 is 5.41. The van der Waals surface area contributed by atoms with Crippen LogP contribution in [0, 0.1) is 0 Å². The van der Waals surface area contributed by atoms with Gasteiger partial charge in [-0.05, 0) is 25.2 Å². The molecule has 1 aliphatic rings. The van der Waals surface area contributed by atoms with Gasteiger partial charge in [0.1, 0.15) is 6.26 Å². The van der Waals surface area contributed by atoms with E-state index in [4.69, 9.17) is 27.6 Å². The third-order valence-corrected chi connectivity index (χ3v) is 4.42. The highest BCUT2D eigenvalue weighted by Gasteiger charge is 2.23. The molecule has 0 saturated carbocycles. The molecule has 2 aromatic rings. The van der Waals surface area contributed by atoms with Gasteiger partial charge in [-0.1, -0.05) is 23.2 Å². The van der Waals surface area contributed by atoms with Crippen LogP contribution in [-0.4, -0.2) is 53.9 Å². The van der Waals surface area contributed by atoms with Crippen LogP contribution in [-0.2, 0) is 0 Å². The Balaban J connectivity index is 1.78. The molecular formula is C15H15Cl2N3O2. The molecule has 0 unspecified atom stereocenters. The number of hydrogen-bond donors (Lipinski definition) is 0. The fourth-order valence-electron chi connectivity index (χ4n) is 2.31. The lowest BCUT2D eigenvalue weighted by molar-refractivity contribution is 0.0658. The van der Waals surface area contributed by atoms with Crippen LogP contribution in [0.1, 0.15) is 10.5 Å². The normalized spacial score (nSPS) is 16.0. The number of piperazine rings is 1. The number of halogens is 2. The molecule has 1 aromatic carbocycles. The maximum atomic E-state index is 12.4. The molecule has 3 rings (SSSR count). The molecule has 5 nitrogen and oxygen atoms in total. The number of rotatable bonds is 2. The minimum Gasteiger partial charge on any atom is -0.444 e. The van der Waals surface area contributed by atoms with Gasteiger partial charge in [0.15, 0.2) is 5.69 Å². The monoisotopic (exact) mass is 339 g/mol. The first-order valence-corrected chi connectivity index (χ1v) is 7.69. The Labute approximate surface area is 138 Å². The second-order valence-corrected chi connectivity index (χ2v) is 6.08. The van der Waals surface area contributed by atoms with Crippen molar-refractivity contribution < 1.29 is 9.21 Å². The average molecular weight is 340 g/mol. The molecule has 0 spiro atoms. The Bertz CT molecular complexity index is 694. The van der Waals surface area contributed by atoms with Gasteiger partial charge < -0.3 is 14.2 Å². The number of amides is 1. The Hall–Kier alpha value is -1.56. The number of aromatic nitrogens is 1. The largest absolute Gasteiger partial charge is 0.444 e. The van der Waals surface area contributed by atoms with E-state index in [0.717, 1.165) is 13.1 Å². The van der Waals surface area contributed by atoms with E-state index in [-0.39, 0.29) is 5.91 Å². The third-order valence-electron chi connectivity index (χ3n) is 3.68. The minimum atomic E-state index is -0.108. The second kappa shape index (κ2) is 6.28. The lowest BCUT2D eigenvalue weighted by atomic mass is 10.2. The molecule has 22 heavy (non-hydrogen) atoms. The molecule has 1 saturated heterocycles. The van der Waals surface area contributed by atoms with Gasteiger partial charge in [0.25, 0.3) is 5.91 Å². The van der Waals surface area contributed by atoms with Crippen molar-refractivity contribution in [3.05, 3.63) is 40.2 Å². The lowest BCUT2D eigenvalue weighted by Gasteiger charge is -2.31. The van der Waals surface area contributed by atoms with Crippen molar-refractivity contribution in [2.75, 3.05) is 33.2 Å². The van der Waals surface area contributed by atoms with Crippen molar-refractivity contribution in [1.29, 1.82) is 0 Å². The van der Waals surface area contributed by atoms with E-state index in [1.54, 1.807) is 23.1 Å². The van der Waals surface area contributed by atoms with Crippen LogP contribution in [0.15, 0.2) is 28.9 Å².